The minimum atomic E-state index is -0.0380. The quantitative estimate of drug-likeness (QED) is 0.545. The van der Waals surface area contributed by atoms with E-state index in [1.54, 1.807) is 0 Å². The summed E-state index contributed by atoms with van der Waals surface area (Å²) in [6.45, 7) is 5.88. The molecule has 164 valence electrons. The van der Waals surface area contributed by atoms with Crippen LogP contribution in [0.25, 0.3) is 0 Å². The number of nitrogens with zero attached hydrogens (tertiary/aromatic N) is 4. The number of carbonyl (C=O) groups excluding carboxylic acids is 1. The Kier molecular flexibility index (Phi) is 7.98. The average molecular weight is 434 g/mol. The second-order valence-corrected chi connectivity index (χ2v) is 8.43. The molecule has 0 fully saturated rings. The first-order valence-electron chi connectivity index (χ1n) is 10.4. The largest absolute Gasteiger partial charge is 0.454 e. The fourth-order valence-corrected chi connectivity index (χ4v) is 4.19. The van der Waals surface area contributed by atoms with Crippen LogP contribution in [0.2, 0.25) is 0 Å². The standard InChI is InChI=1S/C21H31N5O3S/c1-5-7-10-26-20(16(6-2)25(3)4)23-24-21(26)30-13-19(27)22-12-15-8-9-17-18(11-15)29-14-28-17/h8-9,11,16H,5-7,10,12-14H2,1-4H3,(H,22,27)/t16-/m1/s1. The van der Waals surface area contributed by atoms with Crippen LogP contribution in [0.3, 0.4) is 0 Å². The molecule has 9 heteroatoms. The van der Waals surface area contributed by atoms with E-state index in [0.29, 0.717) is 12.3 Å². The lowest BCUT2D eigenvalue weighted by atomic mass is 10.2. The molecule has 3 rings (SSSR count). The number of amides is 1. The summed E-state index contributed by atoms with van der Waals surface area (Å²) in [5.41, 5.74) is 0.975. The summed E-state index contributed by atoms with van der Waals surface area (Å²) in [4.78, 5) is 14.6. The Morgan fingerprint density at radius 2 is 2.07 bits per heavy atom. The average Bonchev–Trinajstić information content (AvgIpc) is 3.36. The van der Waals surface area contributed by atoms with Crippen LogP contribution in [0.15, 0.2) is 23.4 Å². The third-order valence-electron chi connectivity index (χ3n) is 5.05. The van der Waals surface area contributed by atoms with Gasteiger partial charge in [-0.2, -0.15) is 0 Å². The van der Waals surface area contributed by atoms with Crippen molar-refractivity contribution in [3.63, 3.8) is 0 Å². The van der Waals surface area contributed by atoms with Crippen LogP contribution in [0.5, 0.6) is 11.5 Å². The second-order valence-electron chi connectivity index (χ2n) is 7.49. The van der Waals surface area contributed by atoms with Crippen LogP contribution in [0, 0.1) is 0 Å². The Balaban J connectivity index is 1.58. The molecule has 1 atom stereocenters. The molecule has 0 saturated carbocycles. The molecule has 0 aliphatic carbocycles. The summed E-state index contributed by atoms with van der Waals surface area (Å²) < 4.78 is 12.9. The number of benzene rings is 1. The lowest BCUT2D eigenvalue weighted by molar-refractivity contribution is -0.118. The first-order valence-corrected chi connectivity index (χ1v) is 11.4. The molecule has 0 saturated heterocycles. The second kappa shape index (κ2) is 10.7. The van der Waals surface area contributed by atoms with E-state index in [1.165, 1.54) is 11.8 Å². The number of carbonyl (C=O) groups is 1. The van der Waals surface area contributed by atoms with Gasteiger partial charge in [0.2, 0.25) is 12.7 Å². The van der Waals surface area contributed by atoms with Crippen LogP contribution in [-0.2, 0) is 17.9 Å². The van der Waals surface area contributed by atoms with Gasteiger partial charge >= 0.3 is 0 Å². The molecule has 0 spiro atoms. The lowest BCUT2D eigenvalue weighted by Gasteiger charge is -2.23. The number of thioether (sulfide) groups is 1. The summed E-state index contributed by atoms with van der Waals surface area (Å²) >= 11 is 1.44. The fourth-order valence-electron chi connectivity index (χ4n) is 3.39. The van der Waals surface area contributed by atoms with Gasteiger partial charge in [-0.3, -0.25) is 9.69 Å². The Hall–Kier alpha value is -2.26. The van der Waals surface area contributed by atoms with Crippen molar-refractivity contribution in [1.29, 1.82) is 0 Å². The number of unbranched alkanes of at least 4 members (excludes halogenated alkanes) is 1. The number of nitrogens with one attached hydrogen (secondary N) is 1. The monoisotopic (exact) mass is 433 g/mol. The highest BCUT2D eigenvalue weighted by Gasteiger charge is 2.22. The molecule has 1 aliphatic heterocycles. The van der Waals surface area contributed by atoms with Gasteiger partial charge in [0.1, 0.15) is 0 Å². The normalized spacial score (nSPS) is 13.6. The van der Waals surface area contributed by atoms with Crippen molar-refractivity contribution in [2.24, 2.45) is 0 Å². The third kappa shape index (κ3) is 5.46. The number of rotatable bonds is 11. The molecule has 1 amide bonds. The lowest BCUT2D eigenvalue weighted by Crippen LogP contribution is -2.25. The van der Waals surface area contributed by atoms with E-state index >= 15 is 0 Å². The molecule has 1 aromatic heterocycles. The molecule has 1 aromatic carbocycles. The van der Waals surface area contributed by atoms with Crippen LogP contribution in [0.4, 0.5) is 0 Å². The molecule has 0 unspecified atom stereocenters. The molecular formula is C21H31N5O3S. The molecule has 2 aromatic rings. The van der Waals surface area contributed by atoms with Gasteiger partial charge in [0.25, 0.3) is 0 Å². The van der Waals surface area contributed by atoms with Crippen molar-refractivity contribution >= 4 is 17.7 Å². The summed E-state index contributed by atoms with van der Waals surface area (Å²) in [7, 11) is 4.12. The molecule has 0 radical (unpaired) electrons. The van der Waals surface area contributed by atoms with Crippen LogP contribution in [0.1, 0.15) is 50.5 Å². The summed E-state index contributed by atoms with van der Waals surface area (Å²) in [5.74, 6) is 2.70. The van der Waals surface area contributed by atoms with Gasteiger partial charge in [-0.1, -0.05) is 38.1 Å². The minimum Gasteiger partial charge on any atom is -0.454 e. The van der Waals surface area contributed by atoms with E-state index in [1.807, 2.05) is 18.2 Å². The van der Waals surface area contributed by atoms with Crippen molar-refractivity contribution in [1.82, 2.24) is 25.0 Å². The van der Waals surface area contributed by atoms with Crippen LogP contribution < -0.4 is 14.8 Å². The maximum absolute atomic E-state index is 12.4. The van der Waals surface area contributed by atoms with Crippen LogP contribution >= 0.6 is 11.8 Å². The zero-order valence-electron chi connectivity index (χ0n) is 18.2. The van der Waals surface area contributed by atoms with Gasteiger partial charge in [-0.25, -0.2) is 0 Å². The predicted octanol–water partition coefficient (Wildman–Crippen LogP) is 3.23. The number of hydrogen-bond acceptors (Lipinski definition) is 7. The SMILES string of the molecule is CCCCn1c(SCC(=O)NCc2ccc3c(c2)OCO3)nnc1[C@@H](CC)N(C)C. The van der Waals surface area contributed by atoms with Gasteiger partial charge in [0.15, 0.2) is 22.5 Å². The van der Waals surface area contributed by atoms with E-state index in [4.69, 9.17) is 9.47 Å². The Bertz CT molecular complexity index is 855. The molecule has 1 N–H and O–H groups in total. The highest BCUT2D eigenvalue weighted by molar-refractivity contribution is 7.99. The Morgan fingerprint density at radius 1 is 1.27 bits per heavy atom. The van der Waals surface area contributed by atoms with Gasteiger partial charge in [-0.05, 0) is 44.6 Å². The van der Waals surface area contributed by atoms with Gasteiger partial charge in [0.05, 0.1) is 11.8 Å². The molecule has 0 bridgehead atoms. The number of ether oxygens (including phenoxy) is 2. The fraction of sp³-hybridized carbons (Fsp3) is 0.571. The van der Waals surface area contributed by atoms with E-state index in [2.05, 4.69) is 52.9 Å². The molecule has 1 aliphatic rings. The highest BCUT2D eigenvalue weighted by Crippen LogP contribution is 2.32. The Labute approximate surface area is 182 Å². The van der Waals surface area contributed by atoms with Crippen molar-refractivity contribution < 1.29 is 14.3 Å². The number of aromatic nitrogens is 3. The minimum absolute atomic E-state index is 0.0380. The van der Waals surface area contributed by atoms with Crippen molar-refractivity contribution in [3.05, 3.63) is 29.6 Å². The first-order chi connectivity index (χ1) is 14.5. The summed E-state index contributed by atoms with van der Waals surface area (Å²) in [6.07, 6.45) is 3.10. The van der Waals surface area contributed by atoms with Crippen LogP contribution in [-0.4, -0.2) is 52.2 Å². The number of hydrogen-bond donors (Lipinski definition) is 1. The van der Waals surface area contributed by atoms with Gasteiger partial charge in [-0.15, -0.1) is 10.2 Å². The van der Waals surface area contributed by atoms with Crippen molar-refractivity contribution in [2.75, 3.05) is 26.6 Å². The molecule has 8 nitrogen and oxygen atoms in total. The van der Waals surface area contributed by atoms with Crippen molar-refractivity contribution in [2.45, 2.75) is 57.4 Å². The smallest absolute Gasteiger partial charge is 0.231 e. The third-order valence-corrected chi connectivity index (χ3v) is 6.01. The Morgan fingerprint density at radius 3 is 2.80 bits per heavy atom. The maximum atomic E-state index is 12.4. The topological polar surface area (TPSA) is 81.5 Å². The van der Waals surface area contributed by atoms with E-state index in [0.717, 1.165) is 53.9 Å². The summed E-state index contributed by atoms with van der Waals surface area (Å²) in [5, 5.41) is 12.6. The predicted molar refractivity (Wildman–Crippen MR) is 117 cm³/mol. The van der Waals surface area contributed by atoms with Gasteiger partial charge in [0, 0.05) is 13.1 Å². The zero-order chi connectivity index (χ0) is 21.5. The van der Waals surface area contributed by atoms with Gasteiger partial charge < -0.3 is 19.4 Å². The summed E-state index contributed by atoms with van der Waals surface area (Å²) in [6, 6.07) is 5.91. The van der Waals surface area contributed by atoms with Crippen molar-refractivity contribution in [3.8, 4) is 11.5 Å². The zero-order valence-corrected chi connectivity index (χ0v) is 19.0. The van der Waals surface area contributed by atoms with E-state index in [-0.39, 0.29) is 18.7 Å². The van der Waals surface area contributed by atoms with E-state index in [9.17, 15) is 4.79 Å². The molecule has 30 heavy (non-hydrogen) atoms. The molecule has 2 heterocycles. The first kappa shape index (κ1) is 22.4. The van der Waals surface area contributed by atoms with E-state index < -0.39 is 0 Å². The highest BCUT2D eigenvalue weighted by atomic mass is 32.2. The molecular weight excluding hydrogens is 402 g/mol. The number of fused-ring (bicyclic) bond motifs is 1. The maximum Gasteiger partial charge on any atom is 0.231 e.